The zero-order valence-corrected chi connectivity index (χ0v) is 13.2. The van der Waals surface area contributed by atoms with E-state index in [4.69, 9.17) is 0 Å². The topological polar surface area (TPSA) is 47.6 Å². The van der Waals surface area contributed by atoms with Crippen LogP contribution in [0, 0.1) is 5.92 Å². The summed E-state index contributed by atoms with van der Waals surface area (Å²) in [6.07, 6.45) is 2.45. The summed E-state index contributed by atoms with van der Waals surface area (Å²) in [5.41, 5.74) is 0. The summed E-state index contributed by atoms with van der Waals surface area (Å²) >= 11 is 0. The number of amides is 1. The van der Waals surface area contributed by atoms with Crippen molar-refractivity contribution in [1.29, 1.82) is 0 Å². The average Bonchev–Trinajstić information content (AvgIpc) is 3.22. The third kappa shape index (κ3) is 5.04. The highest BCUT2D eigenvalue weighted by Gasteiger charge is 2.26. The SMILES string of the molecule is CC(C)C(CNC(=O)CNC1CC1)N1CCN(C)CC1. The van der Waals surface area contributed by atoms with Crippen LogP contribution in [-0.4, -0.2) is 74.1 Å². The summed E-state index contributed by atoms with van der Waals surface area (Å²) in [6.45, 7) is 10.2. The summed E-state index contributed by atoms with van der Waals surface area (Å²) in [6, 6.07) is 1.05. The largest absolute Gasteiger partial charge is 0.353 e. The lowest BCUT2D eigenvalue weighted by atomic mass is 10.0. The summed E-state index contributed by atoms with van der Waals surface area (Å²) in [5.74, 6) is 0.701. The van der Waals surface area contributed by atoms with Gasteiger partial charge in [0, 0.05) is 44.8 Å². The second-order valence-electron chi connectivity index (χ2n) is 6.61. The van der Waals surface area contributed by atoms with Crippen LogP contribution in [0.15, 0.2) is 0 Å². The number of likely N-dealkylation sites (N-methyl/N-ethyl adjacent to an activating group) is 1. The highest BCUT2D eigenvalue weighted by atomic mass is 16.1. The first-order valence-corrected chi connectivity index (χ1v) is 7.99. The molecule has 1 heterocycles. The first-order chi connectivity index (χ1) is 9.56. The van der Waals surface area contributed by atoms with Crippen molar-refractivity contribution in [2.24, 2.45) is 5.92 Å². The summed E-state index contributed by atoms with van der Waals surface area (Å²) in [7, 11) is 2.17. The molecular weight excluding hydrogens is 252 g/mol. The lowest BCUT2D eigenvalue weighted by Crippen LogP contribution is -2.54. The van der Waals surface area contributed by atoms with Crippen LogP contribution in [0.5, 0.6) is 0 Å². The Morgan fingerprint density at radius 2 is 1.85 bits per heavy atom. The van der Waals surface area contributed by atoms with Gasteiger partial charge in [-0.1, -0.05) is 13.8 Å². The number of carbonyl (C=O) groups is 1. The van der Waals surface area contributed by atoms with Crippen molar-refractivity contribution in [3.05, 3.63) is 0 Å². The van der Waals surface area contributed by atoms with E-state index in [0.29, 0.717) is 24.5 Å². The fraction of sp³-hybridized carbons (Fsp3) is 0.933. The standard InChI is InChI=1S/C15H30N4O/c1-12(2)14(19-8-6-18(3)7-9-19)10-17-15(20)11-16-13-4-5-13/h12-14,16H,4-11H2,1-3H3,(H,17,20). The lowest BCUT2D eigenvalue weighted by Gasteiger charge is -2.39. The van der Waals surface area contributed by atoms with Crippen molar-refractivity contribution >= 4 is 5.91 Å². The van der Waals surface area contributed by atoms with Crippen molar-refractivity contribution in [1.82, 2.24) is 20.4 Å². The van der Waals surface area contributed by atoms with Crippen molar-refractivity contribution < 1.29 is 4.79 Å². The number of hydrogen-bond donors (Lipinski definition) is 2. The zero-order chi connectivity index (χ0) is 14.5. The van der Waals surface area contributed by atoms with Crippen LogP contribution >= 0.6 is 0 Å². The maximum atomic E-state index is 11.8. The molecule has 0 aromatic heterocycles. The third-order valence-electron chi connectivity index (χ3n) is 4.41. The molecule has 20 heavy (non-hydrogen) atoms. The second-order valence-corrected chi connectivity index (χ2v) is 6.61. The predicted molar refractivity (Wildman–Crippen MR) is 81.7 cm³/mol. The van der Waals surface area contributed by atoms with E-state index >= 15 is 0 Å². The number of hydrogen-bond acceptors (Lipinski definition) is 4. The molecule has 2 aliphatic rings. The van der Waals surface area contributed by atoms with Gasteiger partial charge in [-0.15, -0.1) is 0 Å². The Morgan fingerprint density at radius 1 is 1.20 bits per heavy atom. The fourth-order valence-corrected chi connectivity index (χ4v) is 2.75. The van der Waals surface area contributed by atoms with E-state index in [1.165, 1.54) is 12.8 Å². The average molecular weight is 282 g/mol. The molecule has 116 valence electrons. The van der Waals surface area contributed by atoms with E-state index in [1.54, 1.807) is 0 Å². The van der Waals surface area contributed by atoms with Crippen molar-refractivity contribution in [3.8, 4) is 0 Å². The van der Waals surface area contributed by atoms with Gasteiger partial charge in [-0.2, -0.15) is 0 Å². The molecule has 2 N–H and O–H groups in total. The molecule has 2 rings (SSSR count). The van der Waals surface area contributed by atoms with E-state index in [1.807, 2.05) is 0 Å². The third-order valence-corrected chi connectivity index (χ3v) is 4.41. The first-order valence-electron chi connectivity index (χ1n) is 7.99. The molecule has 0 radical (unpaired) electrons. The van der Waals surface area contributed by atoms with E-state index in [2.05, 4.69) is 41.3 Å². The molecule has 1 atom stereocenters. The number of piperazine rings is 1. The number of rotatable bonds is 7. The molecule has 5 heteroatoms. The van der Waals surface area contributed by atoms with Crippen LogP contribution in [0.1, 0.15) is 26.7 Å². The Bertz CT molecular complexity index is 309. The number of nitrogens with zero attached hydrogens (tertiary/aromatic N) is 2. The van der Waals surface area contributed by atoms with Gasteiger partial charge >= 0.3 is 0 Å². The molecule has 0 bridgehead atoms. The minimum absolute atomic E-state index is 0.136. The van der Waals surface area contributed by atoms with Crippen LogP contribution in [0.3, 0.4) is 0 Å². The molecular formula is C15H30N4O. The molecule has 1 saturated heterocycles. The van der Waals surface area contributed by atoms with Gasteiger partial charge in [-0.3, -0.25) is 9.69 Å². The molecule has 2 fully saturated rings. The van der Waals surface area contributed by atoms with Crippen LogP contribution < -0.4 is 10.6 Å². The van der Waals surface area contributed by atoms with Gasteiger partial charge in [0.05, 0.1) is 6.54 Å². The van der Waals surface area contributed by atoms with Crippen molar-refractivity contribution in [2.45, 2.75) is 38.8 Å². The summed E-state index contributed by atoms with van der Waals surface area (Å²) < 4.78 is 0. The highest BCUT2D eigenvalue weighted by molar-refractivity contribution is 5.78. The van der Waals surface area contributed by atoms with Crippen LogP contribution in [0.4, 0.5) is 0 Å². The minimum Gasteiger partial charge on any atom is -0.353 e. The first kappa shape index (κ1) is 15.7. The monoisotopic (exact) mass is 282 g/mol. The van der Waals surface area contributed by atoms with Crippen molar-refractivity contribution in [2.75, 3.05) is 46.3 Å². The van der Waals surface area contributed by atoms with Gasteiger partial charge in [-0.25, -0.2) is 0 Å². The second kappa shape index (κ2) is 7.38. The van der Waals surface area contributed by atoms with Gasteiger partial charge in [0.25, 0.3) is 0 Å². The van der Waals surface area contributed by atoms with Crippen LogP contribution in [0.25, 0.3) is 0 Å². The lowest BCUT2D eigenvalue weighted by molar-refractivity contribution is -0.120. The molecule has 1 aliphatic carbocycles. The molecule has 5 nitrogen and oxygen atoms in total. The molecule has 0 aromatic carbocycles. The van der Waals surface area contributed by atoms with Gasteiger partial charge in [0.15, 0.2) is 0 Å². The van der Waals surface area contributed by atoms with E-state index in [9.17, 15) is 4.79 Å². The molecule has 1 aliphatic heterocycles. The maximum absolute atomic E-state index is 11.8. The highest BCUT2D eigenvalue weighted by Crippen LogP contribution is 2.18. The van der Waals surface area contributed by atoms with Gasteiger partial charge < -0.3 is 15.5 Å². The van der Waals surface area contributed by atoms with Gasteiger partial charge in [0.2, 0.25) is 5.91 Å². The van der Waals surface area contributed by atoms with Crippen molar-refractivity contribution in [3.63, 3.8) is 0 Å². The maximum Gasteiger partial charge on any atom is 0.234 e. The summed E-state index contributed by atoms with van der Waals surface area (Å²) in [5, 5.41) is 6.36. The zero-order valence-electron chi connectivity index (χ0n) is 13.2. The normalized spacial score (nSPS) is 23.0. The van der Waals surface area contributed by atoms with Crippen LogP contribution in [0.2, 0.25) is 0 Å². The quantitative estimate of drug-likeness (QED) is 0.697. The smallest absolute Gasteiger partial charge is 0.234 e. The Hall–Kier alpha value is -0.650. The fourth-order valence-electron chi connectivity index (χ4n) is 2.75. The van der Waals surface area contributed by atoms with E-state index in [-0.39, 0.29) is 5.91 Å². The Balaban J connectivity index is 1.72. The molecule has 0 spiro atoms. The number of carbonyl (C=O) groups excluding carboxylic acids is 1. The molecule has 1 amide bonds. The molecule has 1 unspecified atom stereocenters. The number of nitrogens with one attached hydrogen (secondary N) is 2. The van der Waals surface area contributed by atoms with Gasteiger partial charge in [-0.05, 0) is 25.8 Å². The molecule has 0 aromatic rings. The molecule has 1 saturated carbocycles. The van der Waals surface area contributed by atoms with Gasteiger partial charge in [0.1, 0.15) is 0 Å². The van der Waals surface area contributed by atoms with E-state index in [0.717, 1.165) is 32.7 Å². The van der Waals surface area contributed by atoms with E-state index < -0.39 is 0 Å². The minimum atomic E-state index is 0.136. The Kier molecular flexibility index (Phi) is 5.81. The Morgan fingerprint density at radius 3 is 2.40 bits per heavy atom. The predicted octanol–water partition coefficient (Wildman–Crippen LogP) is 0.127. The Labute approximate surface area is 123 Å². The summed E-state index contributed by atoms with van der Waals surface area (Å²) in [4.78, 5) is 16.7. The van der Waals surface area contributed by atoms with Crippen LogP contribution in [-0.2, 0) is 4.79 Å².